The topological polar surface area (TPSA) is 38.0 Å². The number of aromatic nitrogens is 2. The molecule has 1 heterocycles. The van der Waals surface area contributed by atoms with E-state index in [1.807, 2.05) is 0 Å². The first-order valence-electron chi connectivity index (χ1n) is 5.32. The van der Waals surface area contributed by atoms with Crippen LogP contribution in [0.3, 0.4) is 0 Å². The molecule has 0 spiro atoms. The van der Waals surface area contributed by atoms with E-state index in [9.17, 15) is 22.7 Å². The molecule has 2 rings (SSSR count). The number of nitrogens with zero attached hydrogens (tertiary/aromatic N) is 2. The SMILES string of the molecule is Cn1nccc1C(O)c1cc(F)cc(C(F)(F)F)c1. The average molecular weight is 274 g/mol. The molecule has 0 fully saturated rings. The maximum atomic E-state index is 13.2. The van der Waals surface area contributed by atoms with Gasteiger partial charge in [-0.2, -0.15) is 18.3 Å². The predicted molar refractivity (Wildman–Crippen MR) is 58.7 cm³/mol. The summed E-state index contributed by atoms with van der Waals surface area (Å²) in [6.07, 6.45) is -4.64. The Labute approximate surface area is 106 Å². The minimum absolute atomic E-state index is 0.170. The largest absolute Gasteiger partial charge is 0.416 e. The zero-order chi connectivity index (χ0) is 14.2. The van der Waals surface area contributed by atoms with Gasteiger partial charge < -0.3 is 5.11 Å². The van der Waals surface area contributed by atoms with E-state index in [0.29, 0.717) is 6.07 Å². The van der Waals surface area contributed by atoms with Crippen LogP contribution in [-0.2, 0) is 13.2 Å². The van der Waals surface area contributed by atoms with Gasteiger partial charge in [0.05, 0.1) is 11.3 Å². The Kier molecular flexibility index (Phi) is 3.32. The van der Waals surface area contributed by atoms with Gasteiger partial charge in [-0.15, -0.1) is 0 Å². The lowest BCUT2D eigenvalue weighted by atomic mass is 10.0. The second-order valence-electron chi connectivity index (χ2n) is 4.05. The Morgan fingerprint density at radius 2 is 1.95 bits per heavy atom. The summed E-state index contributed by atoms with van der Waals surface area (Å²) in [6, 6.07) is 3.43. The van der Waals surface area contributed by atoms with Gasteiger partial charge in [0.25, 0.3) is 0 Å². The van der Waals surface area contributed by atoms with Crippen molar-refractivity contribution in [1.82, 2.24) is 9.78 Å². The van der Waals surface area contributed by atoms with E-state index in [2.05, 4.69) is 5.10 Å². The van der Waals surface area contributed by atoms with Gasteiger partial charge in [-0.3, -0.25) is 4.68 Å². The number of hydrogen-bond acceptors (Lipinski definition) is 2. The lowest BCUT2D eigenvalue weighted by molar-refractivity contribution is -0.137. The molecule has 2 aromatic rings. The van der Waals surface area contributed by atoms with E-state index in [0.717, 1.165) is 12.1 Å². The van der Waals surface area contributed by atoms with Crippen LogP contribution in [0.15, 0.2) is 30.5 Å². The van der Waals surface area contributed by atoms with Gasteiger partial charge in [-0.1, -0.05) is 0 Å². The monoisotopic (exact) mass is 274 g/mol. The number of rotatable bonds is 2. The number of aryl methyl sites for hydroxylation is 1. The molecule has 0 radical (unpaired) electrons. The van der Waals surface area contributed by atoms with Crippen LogP contribution in [0.5, 0.6) is 0 Å². The Bertz CT molecular complexity index is 592. The third-order valence-electron chi connectivity index (χ3n) is 2.70. The van der Waals surface area contributed by atoms with Crippen LogP contribution in [0.2, 0.25) is 0 Å². The summed E-state index contributed by atoms with van der Waals surface area (Å²) in [6.45, 7) is 0. The first-order valence-corrected chi connectivity index (χ1v) is 5.32. The molecule has 0 aliphatic heterocycles. The van der Waals surface area contributed by atoms with Crippen LogP contribution in [0.25, 0.3) is 0 Å². The molecule has 19 heavy (non-hydrogen) atoms. The molecule has 0 aliphatic carbocycles. The molecule has 3 nitrogen and oxygen atoms in total. The van der Waals surface area contributed by atoms with Gasteiger partial charge in [0, 0.05) is 13.2 Å². The molecule has 0 amide bonds. The molecule has 0 saturated heterocycles. The van der Waals surface area contributed by atoms with Crippen LogP contribution in [-0.4, -0.2) is 14.9 Å². The third-order valence-corrected chi connectivity index (χ3v) is 2.70. The summed E-state index contributed by atoms with van der Waals surface area (Å²) in [5.74, 6) is -1.05. The van der Waals surface area contributed by atoms with Crippen molar-refractivity contribution in [2.75, 3.05) is 0 Å². The van der Waals surface area contributed by atoms with Crippen molar-refractivity contribution in [3.8, 4) is 0 Å². The molecule has 1 atom stereocenters. The highest BCUT2D eigenvalue weighted by molar-refractivity contribution is 5.32. The highest BCUT2D eigenvalue weighted by Crippen LogP contribution is 2.32. The maximum absolute atomic E-state index is 13.2. The van der Waals surface area contributed by atoms with E-state index in [1.54, 1.807) is 0 Å². The van der Waals surface area contributed by atoms with E-state index in [1.165, 1.54) is 24.0 Å². The van der Waals surface area contributed by atoms with Crippen LogP contribution in [0.1, 0.15) is 22.9 Å². The average Bonchev–Trinajstić information content (AvgIpc) is 2.72. The standard InChI is InChI=1S/C12H10F4N2O/c1-18-10(2-3-17-18)11(19)7-4-8(12(14,15)16)6-9(13)5-7/h2-6,11,19H,1H3. The second-order valence-corrected chi connectivity index (χ2v) is 4.05. The molecular formula is C12H10F4N2O. The maximum Gasteiger partial charge on any atom is 0.416 e. The van der Waals surface area contributed by atoms with Crippen LogP contribution in [0.4, 0.5) is 17.6 Å². The first kappa shape index (κ1) is 13.5. The molecule has 1 aromatic heterocycles. The summed E-state index contributed by atoms with van der Waals surface area (Å²) in [5, 5.41) is 13.8. The van der Waals surface area contributed by atoms with Crippen molar-refractivity contribution < 1.29 is 22.7 Å². The van der Waals surface area contributed by atoms with Crippen LogP contribution >= 0.6 is 0 Å². The van der Waals surface area contributed by atoms with Crippen molar-refractivity contribution in [3.05, 3.63) is 53.1 Å². The summed E-state index contributed by atoms with van der Waals surface area (Å²) in [4.78, 5) is 0. The Morgan fingerprint density at radius 3 is 2.47 bits per heavy atom. The Balaban J connectivity index is 2.46. The number of hydrogen-bond donors (Lipinski definition) is 1. The summed E-state index contributed by atoms with van der Waals surface area (Å²) in [7, 11) is 1.53. The molecule has 7 heteroatoms. The zero-order valence-corrected chi connectivity index (χ0v) is 9.82. The van der Waals surface area contributed by atoms with Crippen molar-refractivity contribution in [3.63, 3.8) is 0 Å². The summed E-state index contributed by atoms with van der Waals surface area (Å²) >= 11 is 0. The molecule has 0 aliphatic rings. The summed E-state index contributed by atoms with van der Waals surface area (Å²) < 4.78 is 52.2. The molecular weight excluding hydrogens is 264 g/mol. The zero-order valence-electron chi connectivity index (χ0n) is 9.82. The number of aliphatic hydroxyl groups is 1. The van der Waals surface area contributed by atoms with Gasteiger partial charge in [0.15, 0.2) is 0 Å². The molecule has 1 unspecified atom stereocenters. The fourth-order valence-electron chi connectivity index (χ4n) is 1.76. The molecule has 102 valence electrons. The molecule has 1 aromatic carbocycles. The first-order chi connectivity index (χ1) is 8.79. The fraction of sp³-hybridized carbons (Fsp3) is 0.250. The molecule has 0 saturated carbocycles. The van der Waals surface area contributed by atoms with E-state index < -0.39 is 23.7 Å². The fourth-order valence-corrected chi connectivity index (χ4v) is 1.76. The van der Waals surface area contributed by atoms with Crippen molar-refractivity contribution in [2.24, 2.45) is 7.05 Å². The quantitative estimate of drug-likeness (QED) is 0.855. The van der Waals surface area contributed by atoms with Gasteiger partial charge >= 0.3 is 6.18 Å². The second kappa shape index (κ2) is 4.65. The highest BCUT2D eigenvalue weighted by atomic mass is 19.4. The Morgan fingerprint density at radius 1 is 1.26 bits per heavy atom. The normalized spacial score (nSPS) is 13.6. The minimum Gasteiger partial charge on any atom is -0.382 e. The smallest absolute Gasteiger partial charge is 0.382 e. The third kappa shape index (κ3) is 2.76. The number of halogens is 4. The van der Waals surface area contributed by atoms with E-state index >= 15 is 0 Å². The highest BCUT2D eigenvalue weighted by Gasteiger charge is 2.32. The predicted octanol–water partition coefficient (Wildman–Crippen LogP) is 2.66. The lowest BCUT2D eigenvalue weighted by Crippen LogP contribution is -2.10. The van der Waals surface area contributed by atoms with Gasteiger partial charge in [-0.05, 0) is 29.8 Å². The number of benzene rings is 1. The van der Waals surface area contributed by atoms with Gasteiger partial charge in [0.1, 0.15) is 11.9 Å². The van der Waals surface area contributed by atoms with E-state index in [-0.39, 0.29) is 11.3 Å². The van der Waals surface area contributed by atoms with Crippen LogP contribution < -0.4 is 0 Å². The van der Waals surface area contributed by atoms with Crippen LogP contribution in [0, 0.1) is 5.82 Å². The number of aliphatic hydroxyl groups excluding tert-OH is 1. The van der Waals surface area contributed by atoms with E-state index in [4.69, 9.17) is 0 Å². The van der Waals surface area contributed by atoms with Crippen molar-refractivity contribution >= 4 is 0 Å². The Hall–Kier alpha value is -1.89. The van der Waals surface area contributed by atoms with Gasteiger partial charge in [0.2, 0.25) is 0 Å². The number of alkyl halides is 3. The summed E-state index contributed by atoms with van der Waals surface area (Å²) in [5.41, 5.74) is -1.03. The molecule has 1 N–H and O–H groups in total. The lowest BCUT2D eigenvalue weighted by Gasteiger charge is -2.14. The minimum atomic E-state index is -4.66. The van der Waals surface area contributed by atoms with Gasteiger partial charge in [-0.25, -0.2) is 4.39 Å². The van der Waals surface area contributed by atoms with Crippen molar-refractivity contribution in [2.45, 2.75) is 12.3 Å². The van der Waals surface area contributed by atoms with Crippen molar-refractivity contribution in [1.29, 1.82) is 0 Å². The molecule has 0 bridgehead atoms.